The first-order chi connectivity index (χ1) is 18.8. The van der Waals surface area contributed by atoms with E-state index in [0.717, 1.165) is 64.7 Å². The lowest BCUT2D eigenvalue weighted by atomic mass is 9.92. The Labute approximate surface area is 237 Å². The molecule has 2 aromatic rings. The van der Waals surface area contributed by atoms with E-state index in [2.05, 4.69) is 53.3 Å². The van der Waals surface area contributed by atoms with Gasteiger partial charge in [-0.3, -0.25) is 4.79 Å². The van der Waals surface area contributed by atoms with Crippen molar-refractivity contribution in [2.24, 2.45) is 0 Å². The van der Waals surface area contributed by atoms with Gasteiger partial charge in [-0.15, -0.1) is 0 Å². The lowest BCUT2D eigenvalue weighted by Crippen LogP contribution is -2.15. The van der Waals surface area contributed by atoms with Crippen LogP contribution in [-0.2, 0) is 0 Å². The highest BCUT2D eigenvalue weighted by atomic mass is 16.5. The fourth-order valence-electron chi connectivity index (χ4n) is 4.25. The number of nitrogens with zero attached hydrogens (tertiary/aromatic N) is 1. The highest BCUT2D eigenvalue weighted by Crippen LogP contribution is 2.31. The highest BCUT2D eigenvalue weighted by molar-refractivity contribution is 5.96. The van der Waals surface area contributed by atoms with Crippen LogP contribution in [0, 0.1) is 11.3 Å². The molecule has 3 heteroatoms. The molecule has 1 atom stereocenters. The number of Topliss-reactive ketones (excluding diaryl/α,β-unsaturated/α-hetero) is 1. The van der Waals surface area contributed by atoms with Gasteiger partial charge in [0.2, 0.25) is 0 Å². The molecule has 1 unspecified atom stereocenters. The molecule has 2 rings (SSSR count). The zero-order chi connectivity index (χ0) is 29.4. The molecule has 39 heavy (non-hydrogen) atoms. The van der Waals surface area contributed by atoms with Crippen LogP contribution in [0.5, 0.6) is 5.75 Å². The third-order valence-electron chi connectivity index (χ3n) is 6.74. The maximum Gasteiger partial charge on any atom is 0.162 e. The molecule has 0 bridgehead atoms. The second-order valence-corrected chi connectivity index (χ2v) is 9.42. The first-order valence-electron chi connectivity index (χ1n) is 14.3. The average Bonchev–Trinajstić information content (AvgIpc) is 2.98. The van der Waals surface area contributed by atoms with Crippen LogP contribution >= 0.6 is 0 Å². The quantitative estimate of drug-likeness (QED) is 0.193. The molecule has 0 N–H and O–H groups in total. The van der Waals surface area contributed by atoms with Gasteiger partial charge in [-0.2, -0.15) is 5.26 Å². The number of ketones is 1. The fraction of sp³-hybridized carbons (Fsp3) is 0.389. The van der Waals surface area contributed by atoms with Crippen molar-refractivity contribution in [2.45, 2.75) is 93.6 Å². The Morgan fingerprint density at radius 1 is 1.00 bits per heavy atom. The van der Waals surface area contributed by atoms with E-state index in [-0.39, 0.29) is 11.9 Å². The van der Waals surface area contributed by atoms with Crippen LogP contribution in [0.3, 0.4) is 0 Å². The van der Waals surface area contributed by atoms with Gasteiger partial charge in [-0.25, -0.2) is 0 Å². The van der Waals surface area contributed by atoms with Crippen molar-refractivity contribution in [3.8, 4) is 11.8 Å². The fourth-order valence-corrected chi connectivity index (χ4v) is 4.25. The molecule has 0 aliphatic heterocycles. The minimum absolute atomic E-state index is 0.118. The van der Waals surface area contributed by atoms with E-state index in [1.165, 1.54) is 0 Å². The minimum Gasteiger partial charge on any atom is -0.489 e. The van der Waals surface area contributed by atoms with Crippen molar-refractivity contribution < 1.29 is 9.53 Å². The number of hydrogen-bond donors (Lipinski definition) is 0. The van der Waals surface area contributed by atoms with Crippen LogP contribution in [0.1, 0.15) is 115 Å². The summed E-state index contributed by atoms with van der Waals surface area (Å²) in [6.45, 7) is 20.3. The van der Waals surface area contributed by atoms with Crippen LogP contribution in [-0.4, -0.2) is 11.9 Å². The number of hydrogen-bond acceptors (Lipinski definition) is 3. The van der Waals surface area contributed by atoms with E-state index in [4.69, 9.17) is 4.74 Å². The number of unbranched alkanes of at least 4 members (excludes halogenated alkanes) is 1. The van der Waals surface area contributed by atoms with Crippen molar-refractivity contribution in [1.82, 2.24) is 0 Å². The van der Waals surface area contributed by atoms with E-state index in [1.807, 2.05) is 69.3 Å². The van der Waals surface area contributed by atoms with Crippen LogP contribution < -0.4 is 4.74 Å². The van der Waals surface area contributed by atoms with Gasteiger partial charge in [0.15, 0.2) is 5.78 Å². The SMILES string of the molecule is C=C\C=C(/C(C)=C(C)/C=C(\C)c1ccc(C(=O)CC)cc1)c1ccc(OC(CC)CCCC)c(C#N)c1.CC. The van der Waals surface area contributed by atoms with Gasteiger partial charge in [-0.05, 0) is 79.2 Å². The van der Waals surface area contributed by atoms with Crippen molar-refractivity contribution in [3.05, 3.63) is 101 Å². The standard InChI is InChI=1S/C34H41NO2.C2H6/c1-8-12-14-31(10-3)37-34-20-19-29(22-30(34)23-35)32(13-9-2)26(7)24(5)21-25(6)27-15-17-28(18-16-27)33(36)11-4;1-2/h9,13,15-22,31H,2,8,10-12,14H2,1,3-7H3;1-2H3/b25-21+,26-24+,32-13+;. The van der Waals surface area contributed by atoms with Crippen LogP contribution in [0.2, 0.25) is 0 Å². The molecule has 0 radical (unpaired) electrons. The zero-order valence-corrected chi connectivity index (χ0v) is 25.4. The average molecular weight is 526 g/mol. The molecule has 0 aromatic heterocycles. The molecule has 3 nitrogen and oxygen atoms in total. The summed E-state index contributed by atoms with van der Waals surface area (Å²) in [5, 5.41) is 9.87. The summed E-state index contributed by atoms with van der Waals surface area (Å²) in [5.41, 5.74) is 7.67. The molecule has 0 fully saturated rings. The Morgan fingerprint density at radius 2 is 1.62 bits per heavy atom. The molecule has 0 spiro atoms. The van der Waals surface area contributed by atoms with Gasteiger partial charge in [0.05, 0.1) is 11.7 Å². The Balaban J connectivity index is 0.00000371. The summed E-state index contributed by atoms with van der Waals surface area (Å²) in [6.07, 6.45) is 10.7. The Kier molecular flexibility index (Phi) is 15.2. The predicted molar refractivity (Wildman–Crippen MR) is 168 cm³/mol. The second kappa shape index (κ2) is 17.8. The third kappa shape index (κ3) is 9.88. The van der Waals surface area contributed by atoms with Crippen LogP contribution in [0.25, 0.3) is 11.1 Å². The van der Waals surface area contributed by atoms with Gasteiger partial charge < -0.3 is 4.74 Å². The van der Waals surface area contributed by atoms with E-state index in [1.54, 1.807) is 6.08 Å². The molecule has 2 aromatic carbocycles. The van der Waals surface area contributed by atoms with Gasteiger partial charge in [0, 0.05) is 12.0 Å². The van der Waals surface area contributed by atoms with Crippen LogP contribution in [0.4, 0.5) is 0 Å². The predicted octanol–water partition coefficient (Wildman–Crippen LogP) is 10.5. The van der Waals surface area contributed by atoms with Gasteiger partial charge in [0.1, 0.15) is 11.8 Å². The summed E-state index contributed by atoms with van der Waals surface area (Å²) in [5.74, 6) is 0.796. The molecule has 0 aliphatic carbocycles. The van der Waals surface area contributed by atoms with E-state index in [9.17, 15) is 10.1 Å². The molecular weight excluding hydrogens is 478 g/mol. The number of carbonyl (C=O) groups excluding carboxylic acids is 1. The summed E-state index contributed by atoms with van der Waals surface area (Å²) in [4.78, 5) is 11.9. The topological polar surface area (TPSA) is 50.1 Å². The lowest BCUT2D eigenvalue weighted by molar-refractivity contribution is 0.0988. The number of nitriles is 1. The highest BCUT2D eigenvalue weighted by Gasteiger charge is 2.14. The Bertz CT molecular complexity index is 1220. The van der Waals surface area contributed by atoms with E-state index >= 15 is 0 Å². The van der Waals surface area contributed by atoms with Gasteiger partial charge >= 0.3 is 0 Å². The summed E-state index contributed by atoms with van der Waals surface area (Å²) in [6, 6.07) is 16.0. The summed E-state index contributed by atoms with van der Waals surface area (Å²) in [7, 11) is 0. The summed E-state index contributed by atoms with van der Waals surface area (Å²) < 4.78 is 6.22. The molecule has 0 saturated heterocycles. The van der Waals surface area contributed by atoms with E-state index in [0.29, 0.717) is 17.7 Å². The normalized spacial score (nSPS) is 12.9. The lowest BCUT2D eigenvalue weighted by Gasteiger charge is -2.19. The van der Waals surface area contributed by atoms with Gasteiger partial charge in [-0.1, -0.05) is 103 Å². The number of ether oxygens (including phenoxy) is 1. The first-order valence-corrected chi connectivity index (χ1v) is 14.3. The zero-order valence-electron chi connectivity index (χ0n) is 25.4. The van der Waals surface area contributed by atoms with Gasteiger partial charge in [0.25, 0.3) is 0 Å². The number of rotatable bonds is 13. The van der Waals surface area contributed by atoms with E-state index < -0.39 is 0 Å². The maximum absolute atomic E-state index is 11.9. The molecule has 0 heterocycles. The molecule has 0 saturated carbocycles. The first kappa shape index (κ1) is 33.4. The molecular formula is C36H47NO2. The molecule has 0 aliphatic rings. The summed E-state index contributed by atoms with van der Waals surface area (Å²) >= 11 is 0. The van der Waals surface area contributed by atoms with Crippen molar-refractivity contribution in [3.63, 3.8) is 0 Å². The largest absolute Gasteiger partial charge is 0.489 e. The smallest absolute Gasteiger partial charge is 0.162 e. The number of allylic oxidation sites excluding steroid dienone is 7. The monoisotopic (exact) mass is 525 g/mol. The van der Waals surface area contributed by atoms with Crippen LogP contribution in [0.15, 0.2) is 78.4 Å². The number of benzene rings is 2. The minimum atomic E-state index is 0.118. The maximum atomic E-state index is 11.9. The van der Waals surface area contributed by atoms with Crippen molar-refractivity contribution in [2.75, 3.05) is 0 Å². The molecule has 0 amide bonds. The van der Waals surface area contributed by atoms with Crippen molar-refractivity contribution >= 4 is 16.9 Å². The Morgan fingerprint density at radius 3 is 2.15 bits per heavy atom. The molecule has 208 valence electrons. The Hall–Kier alpha value is -3.64. The van der Waals surface area contributed by atoms with Crippen molar-refractivity contribution in [1.29, 1.82) is 5.26 Å². The second-order valence-electron chi connectivity index (χ2n) is 9.42. The third-order valence-corrected chi connectivity index (χ3v) is 6.74. The number of carbonyl (C=O) groups is 1.